The molecule has 1 heterocycles. The van der Waals surface area contributed by atoms with E-state index in [-0.39, 0.29) is 24.0 Å². The molecule has 112 valence electrons. The Morgan fingerprint density at radius 3 is 2.71 bits per heavy atom. The predicted octanol–water partition coefficient (Wildman–Crippen LogP) is 2.93. The monoisotopic (exact) mass is 301 g/mol. The highest BCUT2D eigenvalue weighted by Gasteiger charge is 2.30. The van der Waals surface area contributed by atoms with Gasteiger partial charge in [0.15, 0.2) is 6.61 Å². The van der Waals surface area contributed by atoms with E-state index in [1.165, 1.54) is 23.7 Å². The minimum absolute atomic E-state index is 0.00970. The maximum atomic E-state index is 12.5. The average molecular weight is 301 g/mol. The van der Waals surface area contributed by atoms with Gasteiger partial charge in [-0.25, -0.2) is 9.55 Å². The van der Waals surface area contributed by atoms with Gasteiger partial charge in [-0.2, -0.15) is 13.2 Å². The first-order valence-electron chi connectivity index (χ1n) is 5.74. The Labute approximate surface area is 116 Å². The molecule has 0 amide bonds. The second-order valence-corrected chi connectivity index (χ2v) is 4.16. The van der Waals surface area contributed by atoms with E-state index in [1.54, 1.807) is 0 Å². The van der Waals surface area contributed by atoms with Gasteiger partial charge >= 0.3 is 12.0 Å². The van der Waals surface area contributed by atoms with Crippen molar-refractivity contribution in [2.24, 2.45) is 7.05 Å². The van der Waals surface area contributed by atoms with Gasteiger partial charge in [-0.05, 0) is 23.1 Å². The molecular weight excluding hydrogens is 291 g/mol. The SMILES string of the molecule is Cn1c([N+](=O)[O-])cnc1COc1cccc(C(F)(F)F)c1. The molecule has 0 atom stereocenters. The van der Waals surface area contributed by atoms with Crippen LogP contribution in [0.15, 0.2) is 30.5 Å². The van der Waals surface area contributed by atoms with Crippen molar-refractivity contribution in [2.75, 3.05) is 0 Å². The Hall–Kier alpha value is -2.58. The summed E-state index contributed by atoms with van der Waals surface area (Å²) in [5, 5.41) is 10.6. The van der Waals surface area contributed by atoms with E-state index in [0.717, 1.165) is 18.3 Å². The van der Waals surface area contributed by atoms with Crippen molar-refractivity contribution in [3.8, 4) is 5.75 Å². The van der Waals surface area contributed by atoms with Crippen LogP contribution in [0.4, 0.5) is 19.0 Å². The fraction of sp³-hybridized carbons (Fsp3) is 0.250. The molecule has 0 spiro atoms. The van der Waals surface area contributed by atoms with Crippen LogP contribution in [0.5, 0.6) is 5.75 Å². The Morgan fingerprint density at radius 1 is 1.43 bits per heavy atom. The van der Waals surface area contributed by atoms with Crippen molar-refractivity contribution >= 4 is 5.82 Å². The third-order valence-electron chi connectivity index (χ3n) is 2.78. The molecule has 0 aliphatic rings. The number of halogens is 3. The molecule has 0 fully saturated rings. The molecule has 9 heteroatoms. The molecule has 0 radical (unpaired) electrons. The Bertz CT molecular complexity index is 667. The van der Waals surface area contributed by atoms with Crippen LogP contribution < -0.4 is 4.74 Å². The van der Waals surface area contributed by atoms with E-state index in [9.17, 15) is 23.3 Å². The topological polar surface area (TPSA) is 70.2 Å². The number of benzene rings is 1. The third kappa shape index (κ3) is 3.30. The lowest BCUT2D eigenvalue weighted by molar-refractivity contribution is -0.391. The molecule has 21 heavy (non-hydrogen) atoms. The lowest BCUT2D eigenvalue weighted by atomic mass is 10.2. The standard InChI is InChI=1S/C12H10F3N3O3/c1-17-10(16-6-11(17)18(19)20)7-21-9-4-2-3-8(5-9)12(13,14)15/h2-6H,7H2,1H3. The molecule has 0 saturated heterocycles. The van der Waals surface area contributed by atoms with Gasteiger partial charge in [0.05, 0.1) is 12.6 Å². The van der Waals surface area contributed by atoms with Crippen molar-refractivity contribution < 1.29 is 22.8 Å². The summed E-state index contributed by atoms with van der Waals surface area (Å²) in [5.41, 5.74) is -0.828. The Kier molecular flexibility index (Phi) is 3.83. The zero-order chi connectivity index (χ0) is 15.6. The summed E-state index contributed by atoms with van der Waals surface area (Å²) >= 11 is 0. The molecule has 0 saturated carbocycles. The van der Waals surface area contributed by atoms with Gasteiger partial charge in [0.2, 0.25) is 5.82 Å². The van der Waals surface area contributed by atoms with Gasteiger partial charge in [0, 0.05) is 0 Å². The molecule has 1 aromatic carbocycles. The Morgan fingerprint density at radius 2 is 2.14 bits per heavy atom. The largest absolute Gasteiger partial charge is 0.483 e. The highest BCUT2D eigenvalue weighted by Crippen LogP contribution is 2.31. The van der Waals surface area contributed by atoms with Crippen molar-refractivity contribution in [3.05, 3.63) is 52.0 Å². The zero-order valence-electron chi connectivity index (χ0n) is 10.8. The van der Waals surface area contributed by atoms with Crippen molar-refractivity contribution in [1.82, 2.24) is 9.55 Å². The number of hydrogen-bond donors (Lipinski definition) is 0. The average Bonchev–Trinajstić information content (AvgIpc) is 2.77. The minimum Gasteiger partial charge on any atom is -0.483 e. The second-order valence-electron chi connectivity index (χ2n) is 4.16. The molecule has 2 aromatic rings. The molecule has 0 aliphatic heterocycles. The number of ether oxygens (including phenoxy) is 1. The highest BCUT2D eigenvalue weighted by molar-refractivity contribution is 5.30. The first kappa shape index (κ1) is 14.8. The number of imidazole rings is 1. The van der Waals surface area contributed by atoms with Crippen LogP contribution in [-0.2, 0) is 19.8 Å². The molecule has 0 unspecified atom stereocenters. The molecule has 2 rings (SSSR count). The molecular formula is C12H10F3N3O3. The van der Waals surface area contributed by atoms with Crippen LogP contribution in [0.25, 0.3) is 0 Å². The lowest BCUT2D eigenvalue weighted by Gasteiger charge is -2.09. The third-order valence-corrected chi connectivity index (χ3v) is 2.78. The predicted molar refractivity (Wildman–Crippen MR) is 65.6 cm³/mol. The number of nitro groups is 1. The Balaban J connectivity index is 2.12. The van der Waals surface area contributed by atoms with Crippen LogP contribution in [0.2, 0.25) is 0 Å². The maximum absolute atomic E-state index is 12.5. The smallest absolute Gasteiger partial charge is 0.416 e. The summed E-state index contributed by atoms with van der Waals surface area (Å²) in [6.45, 7) is -0.175. The maximum Gasteiger partial charge on any atom is 0.416 e. The lowest BCUT2D eigenvalue weighted by Crippen LogP contribution is -2.07. The molecule has 0 N–H and O–H groups in total. The number of aromatic nitrogens is 2. The van der Waals surface area contributed by atoms with Gasteiger partial charge < -0.3 is 14.9 Å². The van der Waals surface area contributed by atoms with Crippen LogP contribution in [-0.4, -0.2) is 14.5 Å². The summed E-state index contributed by atoms with van der Waals surface area (Å²) in [4.78, 5) is 13.8. The van der Waals surface area contributed by atoms with Gasteiger partial charge in [-0.3, -0.25) is 0 Å². The van der Waals surface area contributed by atoms with E-state index in [4.69, 9.17) is 4.74 Å². The molecule has 6 nitrogen and oxygen atoms in total. The number of hydrogen-bond acceptors (Lipinski definition) is 4. The number of alkyl halides is 3. The highest BCUT2D eigenvalue weighted by atomic mass is 19.4. The summed E-state index contributed by atoms with van der Waals surface area (Å²) in [6.07, 6.45) is -3.40. The van der Waals surface area contributed by atoms with Crippen LogP contribution >= 0.6 is 0 Å². The van der Waals surface area contributed by atoms with E-state index in [2.05, 4.69) is 4.98 Å². The van der Waals surface area contributed by atoms with E-state index in [1.807, 2.05) is 0 Å². The van der Waals surface area contributed by atoms with E-state index < -0.39 is 16.7 Å². The summed E-state index contributed by atoms with van der Waals surface area (Å²) in [5.74, 6) is 0.0206. The fourth-order valence-corrected chi connectivity index (χ4v) is 1.65. The fourth-order valence-electron chi connectivity index (χ4n) is 1.65. The number of rotatable bonds is 4. The van der Waals surface area contributed by atoms with Crippen molar-refractivity contribution in [2.45, 2.75) is 12.8 Å². The van der Waals surface area contributed by atoms with Crippen LogP contribution in [0.1, 0.15) is 11.4 Å². The normalized spacial score (nSPS) is 11.4. The zero-order valence-corrected chi connectivity index (χ0v) is 10.8. The molecule has 1 aromatic heterocycles. The van der Waals surface area contributed by atoms with Crippen molar-refractivity contribution in [3.63, 3.8) is 0 Å². The van der Waals surface area contributed by atoms with Crippen LogP contribution in [0.3, 0.4) is 0 Å². The summed E-state index contributed by atoms with van der Waals surface area (Å²) in [7, 11) is 1.43. The van der Waals surface area contributed by atoms with E-state index >= 15 is 0 Å². The second kappa shape index (κ2) is 5.43. The van der Waals surface area contributed by atoms with Crippen LogP contribution in [0, 0.1) is 10.1 Å². The van der Waals surface area contributed by atoms with Gasteiger partial charge in [0.1, 0.15) is 11.9 Å². The summed E-state index contributed by atoms with van der Waals surface area (Å²) in [6, 6.07) is 4.38. The van der Waals surface area contributed by atoms with Crippen molar-refractivity contribution in [1.29, 1.82) is 0 Å². The van der Waals surface area contributed by atoms with Gasteiger partial charge in [-0.15, -0.1) is 0 Å². The quantitative estimate of drug-likeness (QED) is 0.643. The molecule has 0 aliphatic carbocycles. The van der Waals surface area contributed by atoms with Gasteiger partial charge in [-0.1, -0.05) is 6.07 Å². The summed E-state index contributed by atoms with van der Waals surface area (Å²) < 4.78 is 44.0. The first-order chi connectivity index (χ1) is 9.79. The first-order valence-corrected chi connectivity index (χ1v) is 5.74. The molecule has 0 bridgehead atoms. The van der Waals surface area contributed by atoms with Gasteiger partial charge in [0.25, 0.3) is 0 Å². The number of nitrogens with zero attached hydrogens (tertiary/aromatic N) is 3. The minimum atomic E-state index is -4.46. The van der Waals surface area contributed by atoms with E-state index in [0.29, 0.717) is 0 Å².